The van der Waals surface area contributed by atoms with Gasteiger partial charge in [-0.3, -0.25) is 4.90 Å². The lowest BCUT2D eigenvalue weighted by Gasteiger charge is -2.40. The largest absolute Gasteiger partial charge is 0.494 e. The summed E-state index contributed by atoms with van der Waals surface area (Å²) in [6.07, 6.45) is 5.45. The normalized spacial score (nSPS) is 21.9. The Balaban J connectivity index is 1.10. The number of hydrogen-bond acceptors (Lipinski definition) is 5. The predicted molar refractivity (Wildman–Crippen MR) is 175 cm³/mol. The van der Waals surface area contributed by atoms with E-state index in [1.54, 1.807) is 10.4 Å². The van der Waals surface area contributed by atoms with E-state index in [2.05, 4.69) is 83.0 Å². The van der Waals surface area contributed by atoms with Gasteiger partial charge < -0.3 is 10.1 Å². The number of hydrogen-bond donors (Lipinski definition) is 1. The molecule has 4 aromatic rings. The zero-order valence-electron chi connectivity index (χ0n) is 25.0. The van der Waals surface area contributed by atoms with E-state index in [0.29, 0.717) is 43.6 Å². The lowest BCUT2D eigenvalue weighted by Crippen LogP contribution is -2.49. The molecule has 1 aliphatic carbocycles. The van der Waals surface area contributed by atoms with Crippen molar-refractivity contribution in [2.45, 2.75) is 36.2 Å². The van der Waals surface area contributed by atoms with Crippen molar-refractivity contribution in [2.24, 2.45) is 5.92 Å². The minimum absolute atomic E-state index is 0.0893. The first-order chi connectivity index (χ1) is 21.5. The average Bonchev–Trinajstić information content (AvgIpc) is 3.57. The van der Waals surface area contributed by atoms with Crippen molar-refractivity contribution in [1.29, 1.82) is 0 Å². The molecule has 1 saturated heterocycles. The molecule has 44 heavy (non-hydrogen) atoms. The third-order valence-corrected chi connectivity index (χ3v) is 11.3. The Morgan fingerprint density at radius 2 is 1.50 bits per heavy atom. The molecule has 0 saturated carbocycles. The Bertz CT molecular complexity index is 1680. The lowest BCUT2D eigenvalue weighted by molar-refractivity contribution is 0.156. The third-order valence-electron chi connectivity index (χ3n) is 9.39. The number of sulfonamides is 1. The summed E-state index contributed by atoms with van der Waals surface area (Å²) in [6.45, 7) is 4.88. The van der Waals surface area contributed by atoms with E-state index in [9.17, 15) is 8.42 Å². The minimum Gasteiger partial charge on any atom is -0.494 e. The number of nitrogens with zero attached hydrogens (tertiary/aromatic N) is 2. The van der Waals surface area contributed by atoms with Crippen LogP contribution >= 0.6 is 0 Å². The van der Waals surface area contributed by atoms with Crippen LogP contribution in [0.25, 0.3) is 0 Å². The molecular formula is C37H39N3O3S. The maximum atomic E-state index is 14.0. The van der Waals surface area contributed by atoms with Crippen molar-refractivity contribution in [3.8, 4) is 5.75 Å². The fourth-order valence-corrected chi connectivity index (χ4v) is 8.70. The first-order valence-electron chi connectivity index (χ1n) is 15.7. The molecule has 6 nitrogen and oxygen atoms in total. The van der Waals surface area contributed by atoms with Gasteiger partial charge in [0.1, 0.15) is 5.75 Å². The second kappa shape index (κ2) is 12.2. The number of nitrogens with one attached hydrogen (secondary N) is 1. The first kappa shape index (κ1) is 28.8. The van der Waals surface area contributed by atoms with Crippen molar-refractivity contribution >= 4 is 15.7 Å². The highest BCUT2D eigenvalue weighted by Crippen LogP contribution is 2.50. The van der Waals surface area contributed by atoms with Crippen molar-refractivity contribution in [1.82, 2.24) is 9.21 Å². The van der Waals surface area contributed by atoms with Gasteiger partial charge in [-0.05, 0) is 71.8 Å². The van der Waals surface area contributed by atoms with E-state index in [4.69, 9.17) is 4.74 Å². The molecule has 3 unspecified atom stereocenters. The standard InChI is InChI=1S/C37H39N3O3S/c1-2-43-30-18-16-27(17-19-30)36-33-15-9-14-32(33)34-26-31(20-21-35(34)38-36)44(41,42)40-24-22-39(23-25-40)37(28-10-5-3-6-11-28)29-12-7-4-8-13-29/h3-14,16-21,26,32-33,36-38H,2,15,22-25H2,1H3. The van der Waals surface area contributed by atoms with Crippen LogP contribution in [0, 0.1) is 5.92 Å². The van der Waals surface area contributed by atoms with E-state index in [1.165, 1.54) is 16.7 Å². The van der Waals surface area contributed by atoms with E-state index >= 15 is 0 Å². The van der Waals surface area contributed by atoms with Crippen LogP contribution in [0.15, 0.2) is 120 Å². The van der Waals surface area contributed by atoms with Crippen LogP contribution in [0.5, 0.6) is 5.75 Å². The van der Waals surface area contributed by atoms with Crippen LogP contribution in [-0.4, -0.2) is 50.4 Å². The van der Waals surface area contributed by atoms with E-state index in [0.717, 1.165) is 23.4 Å². The summed E-state index contributed by atoms with van der Waals surface area (Å²) in [4.78, 5) is 2.79. The number of ether oxygens (including phenoxy) is 1. The predicted octanol–water partition coefficient (Wildman–Crippen LogP) is 7.01. The monoisotopic (exact) mass is 605 g/mol. The molecule has 4 aromatic carbocycles. The minimum atomic E-state index is -3.64. The summed E-state index contributed by atoms with van der Waals surface area (Å²) in [5.41, 5.74) is 5.74. The Kier molecular flexibility index (Phi) is 8.02. The highest BCUT2D eigenvalue weighted by Gasteiger charge is 2.39. The molecule has 1 fully saturated rings. The number of piperazine rings is 1. The molecule has 0 bridgehead atoms. The van der Waals surface area contributed by atoms with Gasteiger partial charge in [0, 0.05) is 37.8 Å². The molecule has 2 aliphatic heterocycles. The topological polar surface area (TPSA) is 61.9 Å². The molecular weight excluding hydrogens is 566 g/mol. The van der Waals surface area contributed by atoms with Crippen molar-refractivity contribution in [2.75, 3.05) is 38.1 Å². The third kappa shape index (κ3) is 5.45. The summed E-state index contributed by atoms with van der Waals surface area (Å²) < 4.78 is 35.3. The molecule has 0 spiro atoms. The fourth-order valence-electron chi connectivity index (χ4n) is 7.24. The Labute approximate surface area is 261 Å². The van der Waals surface area contributed by atoms with Gasteiger partial charge >= 0.3 is 0 Å². The second-order valence-corrected chi connectivity index (χ2v) is 13.8. The van der Waals surface area contributed by atoms with Gasteiger partial charge in [0.25, 0.3) is 0 Å². The van der Waals surface area contributed by atoms with E-state index < -0.39 is 10.0 Å². The molecule has 7 heteroatoms. The maximum Gasteiger partial charge on any atom is 0.243 e. The van der Waals surface area contributed by atoms with Crippen LogP contribution in [0.3, 0.4) is 0 Å². The number of benzene rings is 4. The van der Waals surface area contributed by atoms with Crippen LogP contribution in [-0.2, 0) is 10.0 Å². The average molecular weight is 606 g/mol. The highest BCUT2D eigenvalue weighted by atomic mass is 32.2. The van der Waals surface area contributed by atoms with Crippen LogP contribution in [0.4, 0.5) is 5.69 Å². The van der Waals surface area contributed by atoms with E-state index in [-0.39, 0.29) is 18.0 Å². The van der Waals surface area contributed by atoms with Gasteiger partial charge in [-0.25, -0.2) is 8.42 Å². The van der Waals surface area contributed by atoms with Crippen LogP contribution in [0.2, 0.25) is 0 Å². The zero-order valence-corrected chi connectivity index (χ0v) is 25.9. The first-order valence-corrected chi connectivity index (χ1v) is 17.1. The van der Waals surface area contributed by atoms with Crippen molar-refractivity contribution < 1.29 is 13.2 Å². The molecule has 226 valence electrons. The SMILES string of the molecule is CCOc1ccc(C2Nc3ccc(S(=O)(=O)N4CCN(C(c5ccccc5)c5ccccc5)CC4)cc3C3C=CCC32)cc1. The van der Waals surface area contributed by atoms with Crippen LogP contribution in [0.1, 0.15) is 53.6 Å². The smallest absolute Gasteiger partial charge is 0.243 e. The molecule has 3 aliphatic rings. The Morgan fingerprint density at radius 1 is 0.841 bits per heavy atom. The van der Waals surface area contributed by atoms with Gasteiger partial charge in [0.05, 0.1) is 23.6 Å². The van der Waals surface area contributed by atoms with Crippen molar-refractivity contribution in [3.63, 3.8) is 0 Å². The molecule has 1 N–H and O–H groups in total. The fraction of sp³-hybridized carbons (Fsp3) is 0.297. The van der Waals surface area contributed by atoms with Gasteiger partial charge in [-0.2, -0.15) is 4.31 Å². The summed E-state index contributed by atoms with van der Waals surface area (Å²) in [7, 11) is -3.64. The highest BCUT2D eigenvalue weighted by molar-refractivity contribution is 7.89. The van der Waals surface area contributed by atoms with Crippen molar-refractivity contribution in [3.05, 3.63) is 138 Å². The zero-order chi connectivity index (χ0) is 30.1. The molecule has 0 aromatic heterocycles. The molecule has 7 rings (SSSR count). The van der Waals surface area contributed by atoms with Gasteiger partial charge in [-0.15, -0.1) is 0 Å². The summed E-state index contributed by atoms with van der Waals surface area (Å²) >= 11 is 0. The van der Waals surface area contributed by atoms with Gasteiger partial charge in [-0.1, -0.05) is 84.9 Å². The summed E-state index contributed by atoms with van der Waals surface area (Å²) in [6, 6.07) is 35.2. The number of allylic oxidation sites excluding steroid dienone is 2. The lowest BCUT2D eigenvalue weighted by atomic mass is 9.77. The molecule has 2 heterocycles. The van der Waals surface area contributed by atoms with E-state index in [1.807, 2.05) is 43.3 Å². The molecule has 0 radical (unpaired) electrons. The number of fused-ring (bicyclic) bond motifs is 3. The quantitative estimate of drug-likeness (QED) is 0.219. The number of anilines is 1. The van der Waals surface area contributed by atoms with Crippen LogP contribution < -0.4 is 10.1 Å². The number of rotatable bonds is 8. The van der Waals surface area contributed by atoms with Gasteiger partial charge in [0.2, 0.25) is 10.0 Å². The second-order valence-electron chi connectivity index (χ2n) is 11.9. The van der Waals surface area contributed by atoms with Gasteiger partial charge in [0.15, 0.2) is 0 Å². The summed E-state index contributed by atoms with van der Waals surface area (Å²) in [5.74, 6) is 1.38. The summed E-state index contributed by atoms with van der Waals surface area (Å²) in [5, 5.41) is 3.75. The Hall–Kier alpha value is -3.91. The molecule has 0 amide bonds. The Morgan fingerprint density at radius 3 is 2.14 bits per heavy atom. The molecule has 3 atom stereocenters. The maximum absolute atomic E-state index is 14.0.